The van der Waals surface area contributed by atoms with Crippen LogP contribution in [0.4, 0.5) is 0 Å². The first-order chi connectivity index (χ1) is 14.9. The fraction of sp³-hybridized carbons (Fsp3) is 0.760. The molecule has 0 unspecified atom stereocenters. The summed E-state index contributed by atoms with van der Waals surface area (Å²) < 4.78 is 11.0. The second-order valence-electron chi connectivity index (χ2n) is 9.14. The van der Waals surface area contributed by atoms with Crippen LogP contribution in [0.3, 0.4) is 0 Å². The van der Waals surface area contributed by atoms with Gasteiger partial charge in [-0.2, -0.15) is 0 Å². The quantitative estimate of drug-likeness (QED) is 0.173. The van der Waals surface area contributed by atoms with Gasteiger partial charge in [-0.05, 0) is 26.2 Å². The molecule has 0 saturated carbocycles. The Bertz CT molecular complexity index is 631. The van der Waals surface area contributed by atoms with Gasteiger partial charge in [-0.3, -0.25) is 4.79 Å². The predicted octanol–water partition coefficient (Wildman–Crippen LogP) is 4.36. The van der Waals surface area contributed by atoms with E-state index in [1.165, 1.54) is 38.5 Å². The number of hydrogen-bond donors (Lipinski definition) is 2. The normalized spacial score (nSPS) is 28.9. The highest BCUT2D eigenvalue weighted by Crippen LogP contribution is 2.31. The van der Waals surface area contributed by atoms with Gasteiger partial charge in [-0.25, -0.2) is 4.79 Å². The third-order valence-electron chi connectivity index (χ3n) is 6.22. The van der Waals surface area contributed by atoms with Gasteiger partial charge in [0, 0.05) is 6.42 Å². The standard InChI is InChI=1S/C25H41NO5/c1-4-6-7-8-9-12-15-21-22(30-21)16-13-10-11-14-19(27)17-23(28)26-20-18-25(3,5-2)31-24(20)29/h10-11,13-14,19-22,27H,4-9,12,15-18H2,1-3H3,(H,26,28)/b13-10+,14-11-/t19-,20-,21+,22-,25-/m0/s1. The largest absolute Gasteiger partial charge is 0.458 e. The van der Waals surface area contributed by atoms with Crippen molar-refractivity contribution in [2.75, 3.05) is 0 Å². The maximum Gasteiger partial charge on any atom is 0.329 e. The fourth-order valence-electron chi connectivity index (χ4n) is 3.96. The summed E-state index contributed by atoms with van der Waals surface area (Å²) in [5.74, 6) is -0.755. The van der Waals surface area contributed by atoms with Crippen LogP contribution in [0.25, 0.3) is 0 Å². The zero-order valence-corrected chi connectivity index (χ0v) is 19.5. The van der Waals surface area contributed by atoms with E-state index in [0.717, 1.165) is 12.8 Å². The molecular formula is C25H41NO5. The molecule has 2 aliphatic rings. The predicted molar refractivity (Wildman–Crippen MR) is 122 cm³/mol. The molecule has 5 atom stereocenters. The summed E-state index contributed by atoms with van der Waals surface area (Å²) in [6.45, 7) is 6.05. The Balaban J connectivity index is 1.54. The molecule has 31 heavy (non-hydrogen) atoms. The smallest absolute Gasteiger partial charge is 0.329 e. The number of aliphatic hydroxyl groups is 1. The summed E-state index contributed by atoms with van der Waals surface area (Å²) in [6.07, 6.45) is 18.1. The molecule has 6 heteroatoms. The van der Waals surface area contributed by atoms with Crippen molar-refractivity contribution in [1.29, 1.82) is 0 Å². The molecule has 2 heterocycles. The van der Waals surface area contributed by atoms with Crippen molar-refractivity contribution in [3.8, 4) is 0 Å². The fourth-order valence-corrected chi connectivity index (χ4v) is 3.96. The van der Waals surface area contributed by atoms with Crippen molar-refractivity contribution in [3.63, 3.8) is 0 Å². The molecule has 0 aromatic rings. The van der Waals surface area contributed by atoms with Gasteiger partial charge in [0.05, 0.1) is 24.7 Å². The van der Waals surface area contributed by atoms with Crippen molar-refractivity contribution in [1.82, 2.24) is 5.32 Å². The first-order valence-electron chi connectivity index (χ1n) is 12.1. The van der Waals surface area contributed by atoms with Crippen molar-refractivity contribution in [2.24, 2.45) is 0 Å². The van der Waals surface area contributed by atoms with Gasteiger partial charge in [0.15, 0.2) is 0 Å². The third-order valence-corrected chi connectivity index (χ3v) is 6.22. The Hall–Kier alpha value is -1.66. The maximum absolute atomic E-state index is 12.1. The number of hydrogen-bond acceptors (Lipinski definition) is 5. The van der Waals surface area contributed by atoms with Gasteiger partial charge in [0.2, 0.25) is 5.91 Å². The van der Waals surface area contributed by atoms with E-state index in [9.17, 15) is 14.7 Å². The van der Waals surface area contributed by atoms with E-state index in [2.05, 4.69) is 12.2 Å². The Morgan fingerprint density at radius 3 is 2.65 bits per heavy atom. The van der Waals surface area contributed by atoms with Crippen LogP contribution in [0.15, 0.2) is 24.3 Å². The highest BCUT2D eigenvalue weighted by Gasteiger charge is 2.42. The number of nitrogens with one attached hydrogen (secondary N) is 1. The number of epoxide rings is 1. The molecule has 0 aliphatic carbocycles. The summed E-state index contributed by atoms with van der Waals surface area (Å²) in [4.78, 5) is 24.0. The molecule has 6 nitrogen and oxygen atoms in total. The molecule has 0 aromatic heterocycles. The minimum absolute atomic E-state index is 0.0803. The summed E-state index contributed by atoms with van der Waals surface area (Å²) in [5, 5.41) is 12.7. The number of cyclic esters (lactones) is 1. The number of aliphatic hydroxyl groups excluding tert-OH is 1. The first kappa shape index (κ1) is 25.6. The number of esters is 1. The van der Waals surface area contributed by atoms with Crippen LogP contribution in [0.2, 0.25) is 0 Å². The minimum Gasteiger partial charge on any atom is -0.458 e. The van der Waals surface area contributed by atoms with Gasteiger partial charge in [-0.15, -0.1) is 0 Å². The van der Waals surface area contributed by atoms with Crippen LogP contribution in [0.5, 0.6) is 0 Å². The van der Waals surface area contributed by atoms with Crippen LogP contribution in [0.1, 0.15) is 91.4 Å². The molecule has 0 bridgehead atoms. The van der Waals surface area contributed by atoms with E-state index in [1.807, 2.05) is 26.0 Å². The molecule has 2 N–H and O–H groups in total. The molecule has 0 radical (unpaired) electrons. The number of carbonyl (C=O) groups is 2. The molecule has 2 fully saturated rings. The average Bonchev–Trinajstić information content (AvgIpc) is 3.40. The van der Waals surface area contributed by atoms with Crippen LogP contribution < -0.4 is 5.32 Å². The van der Waals surface area contributed by atoms with Crippen LogP contribution >= 0.6 is 0 Å². The number of amides is 1. The van der Waals surface area contributed by atoms with E-state index < -0.39 is 23.7 Å². The van der Waals surface area contributed by atoms with E-state index in [1.54, 1.807) is 12.2 Å². The third kappa shape index (κ3) is 9.56. The molecule has 1 amide bonds. The van der Waals surface area contributed by atoms with Crippen molar-refractivity contribution < 1.29 is 24.2 Å². The minimum atomic E-state index is -0.891. The lowest BCUT2D eigenvalue weighted by Crippen LogP contribution is -2.39. The van der Waals surface area contributed by atoms with Crippen LogP contribution in [-0.4, -0.2) is 46.9 Å². The second-order valence-corrected chi connectivity index (χ2v) is 9.14. The summed E-state index contributed by atoms with van der Waals surface area (Å²) in [5.41, 5.74) is -0.517. The SMILES string of the molecule is CCCCCCCC[C@H]1O[C@H]1C/C=C/C=C\[C@H](O)CC(=O)N[C@H]1C[C@](C)(CC)OC1=O. The Kier molecular flexibility index (Phi) is 10.7. The van der Waals surface area contributed by atoms with Gasteiger partial charge < -0.3 is 19.9 Å². The highest BCUT2D eigenvalue weighted by molar-refractivity contribution is 5.86. The Morgan fingerprint density at radius 2 is 1.94 bits per heavy atom. The molecule has 0 aromatic carbocycles. The van der Waals surface area contributed by atoms with Gasteiger partial charge in [0.25, 0.3) is 0 Å². The average molecular weight is 436 g/mol. The molecule has 176 valence electrons. The molecule has 2 saturated heterocycles. The number of unbranched alkanes of at least 4 members (excludes halogenated alkanes) is 5. The summed E-state index contributed by atoms with van der Waals surface area (Å²) in [7, 11) is 0. The number of ether oxygens (including phenoxy) is 2. The lowest BCUT2D eigenvalue weighted by molar-refractivity contribution is -0.149. The Morgan fingerprint density at radius 1 is 1.19 bits per heavy atom. The van der Waals surface area contributed by atoms with Crippen molar-refractivity contribution in [2.45, 2.75) is 121 Å². The maximum atomic E-state index is 12.1. The van der Waals surface area contributed by atoms with E-state index in [4.69, 9.17) is 9.47 Å². The van der Waals surface area contributed by atoms with Crippen molar-refractivity contribution >= 4 is 11.9 Å². The van der Waals surface area contributed by atoms with Crippen LogP contribution in [0, 0.1) is 0 Å². The molecule has 2 aliphatic heterocycles. The lowest BCUT2D eigenvalue weighted by atomic mass is 9.97. The van der Waals surface area contributed by atoms with Gasteiger partial charge in [-0.1, -0.05) is 76.7 Å². The number of carbonyl (C=O) groups excluding carboxylic acids is 2. The van der Waals surface area contributed by atoms with Crippen LogP contribution in [-0.2, 0) is 19.1 Å². The van der Waals surface area contributed by atoms with Crippen molar-refractivity contribution in [3.05, 3.63) is 24.3 Å². The lowest BCUT2D eigenvalue weighted by Gasteiger charge is -2.19. The molecule has 0 spiro atoms. The summed E-state index contributed by atoms with van der Waals surface area (Å²) in [6, 6.07) is -0.628. The topological polar surface area (TPSA) is 88.2 Å². The molecular weight excluding hydrogens is 394 g/mol. The zero-order valence-electron chi connectivity index (χ0n) is 19.5. The van der Waals surface area contributed by atoms with Gasteiger partial charge >= 0.3 is 5.97 Å². The van der Waals surface area contributed by atoms with E-state index in [-0.39, 0.29) is 12.3 Å². The Labute approximate surface area is 187 Å². The van der Waals surface area contributed by atoms with E-state index in [0.29, 0.717) is 25.0 Å². The molecule has 2 rings (SSSR count). The summed E-state index contributed by atoms with van der Waals surface area (Å²) >= 11 is 0. The highest BCUT2D eigenvalue weighted by atomic mass is 16.6. The zero-order chi connectivity index (χ0) is 22.7. The monoisotopic (exact) mass is 435 g/mol. The number of rotatable bonds is 15. The second kappa shape index (κ2) is 13.0. The van der Waals surface area contributed by atoms with E-state index >= 15 is 0 Å². The first-order valence-corrected chi connectivity index (χ1v) is 12.1. The van der Waals surface area contributed by atoms with Gasteiger partial charge in [0.1, 0.15) is 11.6 Å². The number of allylic oxidation sites excluding steroid dienone is 2.